The highest BCUT2D eigenvalue weighted by Gasteiger charge is 2.11. The summed E-state index contributed by atoms with van der Waals surface area (Å²) in [6.07, 6.45) is -0.928. The molecule has 0 radical (unpaired) electrons. The zero-order valence-corrected chi connectivity index (χ0v) is 8.98. The van der Waals surface area contributed by atoms with Gasteiger partial charge in [-0.3, -0.25) is 0 Å². The van der Waals surface area contributed by atoms with Crippen LogP contribution in [-0.4, -0.2) is 44.7 Å². The summed E-state index contributed by atoms with van der Waals surface area (Å²) in [4.78, 5) is 1.66. The van der Waals surface area contributed by atoms with Crippen LogP contribution in [0, 0.1) is 0 Å². The summed E-state index contributed by atoms with van der Waals surface area (Å²) in [5.74, 6) is 0. The fraction of sp³-hybridized carbons (Fsp3) is 0.857. The third-order valence-electron chi connectivity index (χ3n) is 1.24. The molecule has 0 saturated carbocycles. The van der Waals surface area contributed by atoms with Crippen molar-refractivity contribution in [2.75, 3.05) is 13.1 Å². The fourth-order valence-electron chi connectivity index (χ4n) is 0.869. The Balaban J connectivity index is 3.96. The van der Waals surface area contributed by atoms with Gasteiger partial charge in [0.25, 0.3) is 0 Å². The lowest BCUT2D eigenvalue weighted by Crippen LogP contribution is -2.37. The third-order valence-corrected chi connectivity index (χ3v) is 1.78. The zero-order chi connectivity index (χ0) is 9.72. The topological polar surface area (TPSA) is 43.7 Å². The molecule has 72 valence electrons. The van der Waals surface area contributed by atoms with E-state index in [1.807, 2.05) is 0 Å². The second kappa shape index (κ2) is 5.75. The number of aliphatic hydroxyl groups is 2. The first kappa shape index (κ1) is 12.2. The fourth-order valence-corrected chi connectivity index (χ4v) is 1.18. The molecule has 0 aliphatic heterocycles. The van der Waals surface area contributed by atoms with E-state index in [0.717, 1.165) is 0 Å². The highest BCUT2D eigenvalue weighted by Crippen LogP contribution is 2.00. The van der Waals surface area contributed by atoms with Gasteiger partial charge in [-0.25, -0.2) is 0 Å². The van der Waals surface area contributed by atoms with Crippen LogP contribution < -0.4 is 0 Å². The molecule has 3 nitrogen and oxygen atoms in total. The average molecular weight is 209 g/mol. The van der Waals surface area contributed by atoms with E-state index in [4.69, 9.17) is 22.4 Å². The lowest BCUT2D eigenvalue weighted by molar-refractivity contribution is 0.122. The minimum absolute atomic E-state index is 0.400. The largest absolute Gasteiger partial charge is 0.392 e. The third kappa shape index (κ3) is 5.77. The molecule has 0 amide bonds. The molecular formula is C7H15NO2S2. The SMILES string of the molecule is CC(O)CN(CC(C)O)C(=S)S. The van der Waals surface area contributed by atoms with Crippen LogP contribution in [0.25, 0.3) is 0 Å². The first-order chi connectivity index (χ1) is 5.43. The van der Waals surface area contributed by atoms with Crippen molar-refractivity contribution >= 4 is 29.2 Å². The lowest BCUT2D eigenvalue weighted by atomic mass is 10.3. The van der Waals surface area contributed by atoms with Crippen molar-refractivity contribution in [2.45, 2.75) is 26.1 Å². The number of thiocarbonyl (C=S) groups is 1. The van der Waals surface area contributed by atoms with Crippen LogP contribution in [0.1, 0.15) is 13.8 Å². The monoisotopic (exact) mass is 209 g/mol. The minimum atomic E-state index is -0.464. The van der Waals surface area contributed by atoms with Crippen LogP contribution in [0.3, 0.4) is 0 Å². The molecule has 0 bridgehead atoms. The highest BCUT2D eigenvalue weighted by molar-refractivity contribution is 8.10. The van der Waals surface area contributed by atoms with E-state index < -0.39 is 12.2 Å². The van der Waals surface area contributed by atoms with Crippen molar-refractivity contribution < 1.29 is 10.2 Å². The van der Waals surface area contributed by atoms with Crippen molar-refractivity contribution in [3.8, 4) is 0 Å². The maximum absolute atomic E-state index is 9.07. The first-order valence-corrected chi connectivity index (χ1v) is 4.63. The van der Waals surface area contributed by atoms with Gasteiger partial charge in [0, 0.05) is 13.1 Å². The number of nitrogens with zero attached hydrogens (tertiary/aromatic N) is 1. The first-order valence-electron chi connectivity index (χ1n) is 3.77. The molecule has 0 rings (SSSR count). The van der Waals surface area contributed by atoms with Crippen LogP contribution in [0.5, 0.6) is 0 Å². The normalized spacial score (nSPS) is 15.4. The summed E-state index contributed by atoms with van der Waals surface area (Å²) in [5, 5.41) is 18.1. The van der Waals surface area contributed by atoms with E-state index in [9.17, 15) is 0 Å². The molecule has 2 unspecified atom stereocenters. The summed E-state index contributed by atoms with van der Waals surface area (Å²) in [6, 6.07) is 0. The van der Waals surface area contributed by atoms with Crippen LogP contribution in [0.2, 0.25) is 0 Å². The molecule has 0 fully saturated rings. The molecule has 0 saturated heterocycles. The van der Waals surface area contributed by atoms with Gasteiger partial charge >= 0.3 is 0 Å². The van der Waals surface area contributed by atoms with E-state index in [2.05, 4.69) is 12.6 Å². The van der Waals surface area contributed by atoms with Crippen molar-refractivity contribution in [2.24, 2.45) is 0 Å². The Morgan fingerprint density at radius 2 is 1.67 bits per heavy atom. The van der Waals surface area contributed by atoms with E-state index in [1.54, 1.807) is 18.7 Å². The van der Waals surface area contributed by atoms with Gasteiger partial charge in [0.15, 0.2) is 0 Å². The lowest BCUT2D eigenvalue weighted by Gasteiger charge is -2.25. The van der Waals surface area contributed by atoms with E-state index >= 15 is 0 Å². The predicted molar refractivity (Wildman–Crippen MR) is 56.5 cm³/mol. The van der Waals surface area contributed by atoms with Crippen LogP contribution in [-0.2, 0) is 0 Å². The smallest absolute Gasteiger partial charge is 0.133 e. The predicted octanol–water partition coefficient (Wildman–Crippen LogP) is 0.265. The van der Waals surface area contributed by atoms with Crippen molar-refractivity contribution in [3.63, 3.8) is 0 Å². The average Bonchev–Trinajstić information content (AvgIpc) is 1.83. The summed E-state index contributed by atoms with van der Waals surface area (Å²) in [7, 11) is 0. The second-order valence-electron chi connectivity index (χ2n) is 2.89. The molecule has 2 N–H and O–H groups in total. The molecule has 0 aliphatic rings. The number of hydrogen-bond donors (Lipinski definition) is 3. The Hall–Kier alpha value is 0.160. The van der Waals surface area contributed by atoms with E-state index in [0.29, 0.717) is 17.4 Å². The summed E-state index contributed by atoms with van der Waals surface area (Å²) >= 11 is 8.80. The summed E-state index contributed by atoms with van der Waals surface area (Å²) < 4.78 is 0.400. The zero-order valence-electron chi connectivity index (χ0n) is 7.27. The van der Waals surface area contributed by atoms with Gasteiger partial charge in [-0.1, -0.05) is 12.2 Å². The molecular weight excluding hydrogens is 194 g/mol. The molecule has 0 aromatic heterocycles. The van der Waals surface area contributed by atoms with E-state index in [1.165, 1.54) is 0 Å². The quantitative estimate of drug-likeness (QED) is 0.459. The van der Waals surface area contributed by atoms with Gasteiger partial charge in [0.05, 0.1) is 12.2 Å². The Morgan fingerprint density at radius 1 is 1.33 bits per heavy atom. The van der Waals surface area contributed by atoms with Gasteiger partial charge in [-0.05, 0) is 13.8 Å². The van der Waals surface area contributed by atoms with E-state index in [-0.39, 0.29) is 0 Å². The Labute approximate surface area is 83.8 Å². The van der Waals surface area contributed by atoms with Crippen LogP contribution in [0.4, 0.5) is 0 Å². The molecule has 0 aromatic carbocycles. The maximum atomic E-state index is 9.07. The molecule has 5 heteroatoms. The molecule has 0 aliphatic carbocycles. The van der Waals surface area contributed by atoms with Crippen molar-refractivity contribution in [1.29, 1.82) is 0 Å². The second-order valence-corrected chi connectivity index (χ2v) is 4.00. The maximum Gasteiger partial charge on any atom is 0.133 e. The van der Waals surface area contributed by atoms with Crippen molar-refractivity contribution in [1.82, 2.24) is 4.90 Å². The highest BCUT2D eigenvalue weighted by atomic mass is 32.1. The Bertz CT molecular complexity index is 140. The number of hydrogen-bond acceptors (Lipinski definition) is 3. The standard InChI is InChI=1S/C7H15NO2S2/c1-5(9)3-8(7(11)12)4-6(2)10/h5-6,9-10H,3-4H2,1-2H3,(H,11,12). The molecule has 0 aromatic rings. The minimum Gasteiger partial charge on any atom is -0.392 e. The molecule has 12 heavy (non-hydrogen) atoms. The van der Waals surface area contributed by atoms with Crippen molar-refractivity contribution in [3.05, 3.63) is 0 Å². The molecule has 0 heterocycles. The molecule has 2 atom stereocenters. The molecule has 0 spiro atoms. The number of thiol groups is 1. The van der Waals surface area contributed by atoms with Crippen LogP contribution >= 0.6 is 24.8 Å². The summed E-state index contributed by atoms with van der Waals surface area (Å²) in [6.45, 7) is 4.16. The number of rotatable bonds is 4. The van der Waals surface area contributed by atoms with Gasteiger partial charge in [-0.2, -0.15) is 0 Å². The van der Waals surface area contributed by atoms with Gasteiger partial charge < -0.3 is 15.1 Å². The Morgan fingerprint density at radius 3 is 1.83 bits per heavy atom. The Kier molecular flexibility index (Phi) is 5.82. The van der Waals surface area contributed by atoms with Gasteiger partial charge in [-0.15, -0.1) is 12.6 Å². The number of aliphatic hydroxyl groups excluding tert-OH is 2. The van der Waals surface area contributed by atoms with Crippen LogP contribution in [0.15, 0.2) is 0 Å². The summed E-state index contributed by atoms with van der Waals surface area (Å²) in [5.41, 5.74) is 0. The van der Waals surface area contributed by atoms with Gasteiger partial charge in [0.1, 0.15) is 4.32 Å². The van der Waals surface area contributed by atoms with Gasteiger partial charge in [0.2, 0.25) is 0 Å².